The fourth-order valence-corrected chi connectivity index (χ4v) is 2.71. The van der Waals surface area contributed by atoms with Crippen molar-refractivity contribution < 1.29 is 0 Å². The monoisotopic (exact) mass is 265 g/mol. The van der Waals surface area contributed by atoms with E-state index in [2.05, 4.69) is 47.4 Å². The molecule has 1 aliphatic heterocycles. The number of piperazine rings is 1. The summed E-state index contributed by atoms with van der Waals surface area (Å²) >= 11 is 0. The van der Waals surface area contributed by atoms with E-state index < -0.39 is 0 Å². The van der Waals surface area contributed by atoms with Crippen LogP contribution in [0.5, 0.6) is 0 Å². The van der Waals surface area contributed by atoms with Gasteiger partial charge in [0.1, 0.15) is 0 Å². The lowest BCUT2D eigenvalue weighted by Crippen LogP contribution is -2.58. The highest BCUT2D eigenvalue weighted by molar-refractivity contribution is 5.66. The number of nitrogen functional groups attached to an aromatic ring is 1. The fourth-order valence-electron chi connectivity index (χ4n) is 2.71. The Balaban J connectivity index is 2.31. The first kappa shape index (κ1) is 14.2. The zero-order valence-electron chi connectivity index (χ0n) is 12.9. The Morgan fingerprint density at radius 2 is 2.00 bits per heavy atom. The van der Waals surface area contributed by atoms with Gasteiger partial charge in [0.25, 0.3) is 0 Å². The molecular formula is C14H27N5. The van der Waals surface area contributed by atoms with E-state index in [0.717, 1.165) is 49.8 Å². The van der Waals surface area contributed by atoms with Crippen LogP contribution in [0, 0.1) is 6.92 Å². The summed E-state index contributed by atoms with van der Waals surface area (Å²) in [6.45, 7) is 12.7. The summed E-state index contributed by atoms with van der Waals surface area (Å²) in [5, 5.41) is 4.58. The minimum Gasteiger partial charge on any atom is -0.394 e. The first-order valence-corrected chi connectivity index (χ1v) is 7.16. The molecule has 0 aliphatic carbocycles. The predicted octanol–water partition coefficient (Wildman–Crippen LogP) is 1.71. The van der Waals surface area contributed by atoms with Crippen LogP contribution in [-0.2, 0) is 6.54 Å². The van der Waals surface area contributed by atoms with Crippen molar-refractivity contribution >= 4 is 11.5 Å². The van der Waals surface area contributed by atoms with Gasteiger partial charge in [0.15, 0.2) is 5.82 Å². The highest BCUT2D eigenvalue weighted by atomic mass is 15.4. The molecule has 0 aromatic carbocycles. The van der Waals surface area contributed by atoms with Crippen LogP contribution >= 0.6 is 0 Å². The van der Waals surface area contributed by atoms with E-state index >= 15 is 0 Å². The summed E-state index contributed by atoms with van der Waals surface area (Å²) in [4.78, 5) is 4.80. The second-order valence-electron chi connectivity index (χ2n) is 6.20. The van der Waals surface area contributed by atoms with Crippen molar-refractivity contribution in [3.05, 3.63) is 5.69 Å². The molecule has 5 heteroatoms. The SMILES string of the molecule is CCCn1nc(C)c(N)c1N1CCN(C)C(C)(C)C1. The van der Waals surface area contributed by atoms with Gasteiger partial charge in [-0.15, -0.1) is 0 Å². The Morgan fingerprint density at radius 3 is 2.58 bits per heavy atom. The molecule has 0 atom stereocenters. The van der Waals surface area contributed by atoms with Gasteiger partial charge in [0, 0.05) is 31.7 Å². The van der Waals surface area contributed by atoms with E-state index in [9.17, 15) is 0 Å². The van der Waals surface area contributed by atoms with Crippen molar-refractivity contribution in [2.24, 2.45) is 0 Å². The van der Waals surface area contributed by atoms with Crippen LogP contribution in [0.3, 0.4) is 0 Å². The molecule has 2 heterocycles. The maximum absolute atomic E-state index is 6.25. The van der Waals surface area contributed by atoms with Crippen LogP contribution < -0.4 is 10.6 Å². The first-order chi connectivity index (χ1) is 8.86. The molecule has 108 valence electrons. The maximum Gasteiger partial charge on any atom is 0.150 e. The zero-order chi connectivity index (χ0) is 14.2. The number of anilines is 2. The van der Waals surface area contributed by atoms with E-state index in [1.54, 1.807) is 0 Å². The van der Waals surface area contributed by atoms with Crippen LogP contribution in [-0.4, -0.2) is 46.9 Å². The predicted molar refractivity (Wildman–Crippen MR) is 80.6 cm³/mol. The van der Waals surface area contributed by atoms with Crippen LogP contribution in [0.25, 0.3) is 0 Å². The van der Waals surface area contributed by atoms with E-state index in [1.165, 1.54) is 0 Å². The van der Waals surface area contributed by atoms with Gasteiger partial charge in [-0.05, 0) is 34.2 Å². The van der Waals surface area contributed by atoms with Gasteiger partial charge in [-0.25, -0.2) is 4.68 Å². The smallest absolute Gasteiger partial charge is 0.150 e. The van der Waals surface area contributed by atoms with Crippen molar-refractivity contribution in [1.82, 2.24) is 14.7 Å². The number of rotatable bonds is 3. The number of hydrogen-bond donors (Lipinski definition) is 1. The van der Waals surface area contributed by atoms with Crippen molar-refractivity contribution in [2.75, 3.05) is 37.3 Å². The molecule has 1 aromatic rings. The molecule has 0 unspecified atom stereocenters. The normalized spacial score (nSPS) is 19.9. The number of hydrogen-bond acceptors (Lipinski definition) is 4. The molecule has 19 heavy (non-hydrogen) atoms. The van der Waals surface area contributed by atoms with Gasteiger partial charge in [0.05, 0.1) is 11.4 Å². The average molecular weight is 265 g/mol. The van der Waals surface area contributed by atoms with Gasteiger partial charge in [-0.3, -0.25) is 4.90 Å². The third-order valence-electron chi connectivity index (χ3n) is 4.20. The van der Waals surface area contributed by atoms with Crippen molar-refractivity contribution in [3.63, 3.8) is 0 Å². The lowest BCUT2D eigenvalue weighted by atomic mass is 10.00. The molecule has 1 saturated heterocycles. The van der Waals surface area contributed by atoms with Crippen LogP contribution in [0.4, 0.5) is 11.5 Å². The van der Waals surface area contributed by atoms with Gasteiger partial charge in [-0.1, -0.05) is 6.92 Å². The lowest BCUT2D eigenvalue weighted by Gasteiger charge is -2.46. The fraction of sp³-hybridized carbons (Fsp3) is 0.786. The molecule has 0 amide bonds. The highest BCUT2D eigenvalue weighted by Gasteiger charge is 2.33. The zero-order valence-corrected chi connectivity index (χ0v) is 12.9. The Bertz CT molecular complexity index is 449. The standard InChI is InChI=1S/C14H27N5/c1-6-7-19-13(12(15)11(2)16-19)18-9-8-17(5)14(3,4)10-18/h6-10,15H2,1-5H3. The highest BCUT2D eigenvalue weighted by Crippen LogP contribution is 2.31. The number of aryl methyl sites for hydroxylation is 2. The van der Waals surface area contributed by atoms with Gasteiger partial charge in [-0.2, -0.15) is 5.10 Å². The van der Waals surface area contributed by atoms with Gasteiger partial charge in [0.2, 0.25) is 0 Å². The van der Waals surface area contributed by atoms with Gasteiger partial charge < -0.3 is 10.6 Å². The Morgan fingerprint density at radius 1 is 1.32 bits per heavy atom. The summed E-state index contributed by atoms with van der Waals surface area (Å²) in [7, 11) is 2.19. The van der Waals surface area contributed by atoms with Crippen LogP contribution in [0.2, 0.25) is 0 Å². The molecule has 1 fully saturated rings. The topological polar surface area (TPSA) is 50.3 Å². The second kappa shape index (κ2) is 5.04. The quantitative estimate of drug-likeness (QED) is 0.904. The summed E-state index contributed by atoms with van der Waals surface area (Å²) < 4.78 is 2.08. The van der Waals surface area contributed by atoms with Crippen molar-refractivity contribution in [1.29, 1.82) is 0 Å². The molecule has 0 saturated carbocycles. The van der Waals surface area contributed by atoms with Crippen molar-refractivity contribution in [3.8, 4) is 0 Å². The van der Waals surface area contributed by atoms with E-state index in [1.807, 2.05) is 6.92 Å². The second-order valence-corrected chi connectivity index (χ2v) is 6.20. The molecule has 1 aromatic heterocycles. The molecular weight excluding hydrogens is 238 g/mol. The molecule has 2 rings (SSSR count). The third-order valence-corrected chi connectivity index (χ3v) is 4.20. The third kappa shape index (κ3) is 2.56. The Kier molecular flexibility index (Phi) is 3.76. The van der Waals surface area contributed by atoms with Crippen LogP contribution in [0.15, 0.2) is 0 Å². The molecule has 1 aliphatic rings. The number of nitrogens with two attached hydrogens (primary N) is 1. The molecule has 0 bridgehead atoms. The van der Waals surface area contributed by atoms with E-state index in [4.69, 9.17) is 5.73 Å². The molecule has 5 nitrogen and oxygen atoms in total. The maximum atomic E-state index is 6.25. The largest absolute Gasteiger partial charge is 0.394 e. The minimum atomic E-state index is 0.167. The van der Waals surface area contributed by atoms with E-state index in [-0.39, 0.29) is 5.54 Å². The van der Waals surface area contributed by atoms with Crippen molar-refractivity contribution in [2.45, 2.75) is 46.2 Å². The summed E-state index contributed by atoms with van der Waals surface area (Å²) in [5.74, 6) is 1.11. The molecule has 2 N–H and O–H groups in total. The van der Waals surface area contributed by atoms with Crippen LogP contribution in [0.1, 0.15) is 32.9 Å². The molecule has 0 spiro atoms. The summed E-state index contributed by atoms with van der Waals surface area (Å²) in [5.41, 5.74) is 8.20. The average Bonchev–Trinajstić information content (AvgIpc) is 2.59. The summed E-state index contributed by atoms with van der Waals surface area (Å²) in [6, 6.07) is 0. The summed E-state index contributed by atoms with van der Waals surface area (Å²) in [6.07, 6.45) is 1.07. The van der Waals surface area contributed by atoms with E-state index in [0.29, 0.717) is 0 Å². The minimum absolute atomic E-state index is 0.167. The number of nitrogens with zero attached hydrogens (tertiary/aromatic N) is 4. The number of aromatic nitrogens is 2. The lowest BCUT2D eigenvalue weighted by molar-refractivity contribution is 0.138. The Labute approximate surface area is 116 Å². The first-order valence-electron chi connectivity index (χ1n) is 7.16. The van der Waals surface area contributed by atoms with Gasteiger partial charge >= 0.3 is 0 Å². The Hall–Kier alpha value is -1.23. The number of likely N-dealkylation sites (N-methyl/N-ethyl adjacent to an activating group) is 1. The molecule has 0 radical (unpaired) electrons.